The summed E-state index contributed by atoms with van der Waals surface area (Å²) in [6.45, 7) is 6.94. The van der Waals surface area contributed by atoms with Crippen molar-refractivity contribution in [3.63, 3.8) is 0 Å². The van der Waals surface area contributed by atoms with E-state index in [-0.39, 0.29) is 0 Å². The normalized spacial score (nSPS) is 16.7. The van der Waals surface area contributed by atoms with Crippen LogP contribution in [0.4, 0.5) is 5.69 Å². The van der Waals surface area contributed by atoms with Gasteiger partial charge in [-0.05, 0) is 31.9 Å². The molecule has 30 heavy (non-hydrogen) atoms. The first-order valence-corrected chi connectivity index (χ1v) is 10.7. The molecule has 0 saturated carbocycles. The number of aromatic nitrogens is 3. The van der Waals surface area contributed by atoms with Crippen LogP contribution in [0.5, 0.6) is 0 Å². The van der Waals surface area contributed by atoms with Crippen molar-refractivity contribution in [2.24, 2.45) is 18.0 Å². The number of para-hydroxylation sites is 1. The van der Waals surface area contributed by atoms with E-state index in [1.807, 2.05) is 24.6 Å². The van der Waals surface area contributed by atoms with Crippen LogP contribution in [-0.4, -0.2) is 72.6 Å². The number of hydrogen-bond donors (Lipinski definition) is 1. The summed E-state index contributed by atoms with van der Waals surface area (Å²) in [5, 5.41) is 11.9. The number of benzene rings is 1. The third-order valence-electron chi connectivity index (χ3n) is 5.62. The summed E-state index contributed by atoms with van der Waals surface area (Å²) in [5.41, 5.74) is 1.24. The van der Waals surface area contributed by atoms with E-state index in [1.165, 1.54) is 5.69 Å². The van der Waals surface area contributed by atoms with Gasteiger partial charge in [-0.25, -0.2) is 4.99 Å². The molecule has 3 rings (SSSR count). The fourth-order valence-corrected chi connectivity index (χ4v) is 3.57. The van der Waals surface area contributed by atoms with Crippen molar-refractivity contribution in [1.82, 2.24) is 25.0 Å². The van der Waals surface area contributed by atoms with Gasteiger partial charge >= 0.3 is 0 Å². The molecule has 164 valence electrons. The van der Waals surface area contributed by atoms with Gasteiger partial charge in [-0.3, -0.25) is 0 Å². The summed E-state index contributed by atoms with van der Waals surface area (Å²) in [6, 6.07) is 10.5. The lowest BCUT2D eigenvalue weighted by atomic mass is 10.1. The maximum Gasteiger partial charge on any atom is 0.194 e. The molecule has 0 amide bonds. The zero-order valence-corrected chi connectivity index (χ0v) is 18.7. The van der Waals surface area contributed by atoms with Gasteiger partial charge in [-0.15, -0.1) is 10.2 Å². The quantitative estimate of drug-likeness (QED) is 0.386. The van der Waals surface area contributed by atoms with E-state index in [2.05, 4.69) is 63.7 Å². The molecule has 8 nitrogen and oxygen atoms in total. The molecule has 1 aromatic heterocycles. The second kappa shape index (κ2) is 11.0. The van der Waals surface area contributed by atoms with E-state index < -0.39 is 0 Å². The van der Waals surface area contributed by atoms with Gasteiger partial charge in [0.25, 0.3) is 0 Å². The lowest BCUT2D eigenvalue weighted by molar-refractivity contribution is 0.181. The molecule has 1 saturated heterocycles. The summed E-state index contributed by atoms with van der Waals surface area (Å²) >= 11 is 0. The van der Waals surface area contributed by atoms with Gasteiger partial charge in [-0.2, -0.15) is 0 Å². The fraction of sp³-hybridized carbons (Fsp3) is 0.591. The molecule has 0 aliphatic carbocycles. The molecule has 1 aliphatic rings. The third-order valence-corrected chi connectivity index (χ3v) is 5.62. The minimum Gasteiger partial charge on any atom is -0.381 e. The Kier molecular flexibility index (Phi) is 8.07. The van der Waals surface area contributed by atoms with Crippen molar-refractivity contribution in [2.45, 2.75) is 26.3 Å². The summed E-state index contributed by atoms with van der Waals surface area (Å²) < 4.78 is 7.53. The van der Waals surface area contributed by atoms with Crippen LogP contribution in [0.3, 0.4) is 0 Å². The van der Waals surface area contributed by atoms with Crippen LogP contribution in [0.25, 0.3) is 0 Å². The van der Waals surface area contributed by atoms with E-state index in [0.717, 1.165) is 63.3 Å². The first-order valence-electron chi connectivity index (χ1n) is 10.7. The molecule has 1 aliphatic heterocycles. The van der Waals surface area contributed by atoms with Crippen LogP contribution >= 0.6 is 0 Å². The van der Waals surface area contributed by atoms with E-state index in [0.29, 0.717) is 12.5 Å². The molecule has 0 radical (unpaired) electrons. The second-order valence-corrected chi connectivity index (χ2v) is 8.01. The van der Waals surface area contributed by atoms with Crippen LogP contribution in [0.1, 0.15) is 24.5 Å². The van der Waals surface area contributed by atoms with Crippen molar-refractivity contribution in [2.75, 3.05) is 51.8 Å². The molecule has 1 N–H and O–H groups in total. The number of aliphatic imine (C=N–C) groups is 1. The first kappa shape index (κ1) is 22.1. The number of nitrogens with zero attached hydrogens (tertiary/aromatic N) is 6. The summed E-state index contributed by atoms with van der Waals surface area (Å²) in [6.07, 6.45) is 2.13. The summed E-state index contributed by atoms with van der Waals surface area (Å²) in [7, 11) is 6.21. The molecule has 1 atom stereocenters. The highest BCUT2D eigenvalue weighted by molar-refractivity contribution is 5.79. The first-order chi connectivity index (χ1) is 14.5. The second-order valence-electron chi connectivity index (χ2n) is 8.01. The van der Waals surface area contributed by atoms with Gasteiger partial charge in [0.15, 0.2) is 11.8 Å². The molecular weight excluding hydrogens is 378 g/mol. The standard InChI is InChI=1S/C22H35N7O/c1-18-25-26-21(29(18)4)15-24-22(28(3)16-19-11-14-30-17-19)23-12-8-13-27(2)20-9-6-5-7-10-20/h5-7,9-10,19H,8,11-17H2,1-4H3,(H,23,24). The average molecular weight is 414 g/mol. The van der Waals surface area contributed by atoms with Crippen molar-refractivity contribution in [3.05, 3.63) is 42.0 Å². The number of hydrogen-bond acceptors (Lipinski definition) is 5. The van der Waals surface area contributed by atoms with Gasteiger partial charge in [0.05, 0.1) is 6.61 Å². The zero-order valence-electron chi connectivity index (χ0n) is 18.7. The predicted octanol–water partition coefficient (Wildman–Crippen LogP) is 2.06. The lowest BCUT2D eigenvalue weighted by Gasteiger charge is -2.25. The molecule has 0 spiro atoms. The molecule has 1 fully saturated rings. The van der Waals surface area contributed by atoms with Crippen LogP contribution in [0, 0.1) is 12.8 Å². The molecule has 1 unspecified atom stereocenters. The fourth-order valence-electron chi connectivity index (χ4n) is 3.57. The predicted molar refractivity (Wildman–Crippen MR) is 121 cm³/mol. The average Bonchev–Trinajstić information content (AvgIpc) is 3.38. The minimum atomic E-state index is 0.509. The van der Waals surface area contributed by atoms with Crippen LogP contribution < -0.4 is 10.2 Å². The molecule has 2 aromatic rings. The largest absolute Gasteiger partial charge is 0.381 e. The number of guanidine groups is 1. The van der Waals surface area contributed by atoms with E-state index in [1.54, 1.807) is 0 Å². The van der Waals surface area contributed by atoms with Gasteiger partial charge in [0, 0.05) is 59.0 Å². The lowest BCUT2D eigenvalue weighted by Crippen LogP contribution is -2.42. The Balaban J connectivity index is 1.55. The Morgan fingerprint density at radius 3 is 2.73 bits per heavy atom. The van der Waals surface area contributed by atoms with Crippen molar-refractivity contribution in [1.29, 1.82) is 0 Å². The number of ether oxygens (including phenoxy) is 1. The number of anilines is 1. The van der Waals surface area contributed by atoms with E-state index >= 15 is 0 Å². The van der Waals surface area contributed by atoms with Crippen molar-refractivity contribution in [3.8, 4) is 0 Å². The number of rotatable bonds is 9. The molecular formula is C22H35N7O. The third kappa shape index (κ3) is 6.19. The Hall–Kier alpha value is -2.61. The maximum absolute atomic E-state index is 5.54. The van der Waals surface area contributed by atoms with Crippen LogP contribution in [-0.2, 0) is 18.3 Å². The van der Waals surface area contributed by atoms with Gasteiger partial charge in [0.1, 0.15) is 12.4 Å². The highest BCUT2D eigenvalue weighted by Gasteiger charge is 2.19. The molecule has 1 aromatic carbocycles. The van der Waals surface area contributed by atoms with E-state index in [9.17, 15) is 0 Å². The van der Waals surface area contributed by atoms with Gasteiger partial charge in [-0.1, -0.05) is 18.2 Å². The summed E-state index contributed by atoms with van der Waals surface area (Å²) in [5.74, 6) is 3.23. The zero-order chi connectivity index (χ0) is 21.3. The monoisotopic (exact) mass is 413 g/mol. The topological polar surface area (TPSA) is 70.8 Å². The molecule has 8 heteroatoms. The SMILES string of the molecule is Cc1nnc(CN=C(NCCCN(C)c2ccccc2)N(C)CC2CCOC2)n1C. The Labute approximate surface area is 179 Å². The smallest absolute Gasteiger partial charge is 0.194 e. The van der Waals surface area contributed by atoms with Crippen molar-refractivity contribution >= 4 is 11.6 Å². The number of nitrogens with one attached hydrogen (secondary N) is 1. The highest BCUT2D eigenvalue weighted by Crippen LogP contribution is 2.14. The molecule has 0 bridgehead atoms. The molecule has 2 heterocycles. The van der Waals surface area contributed by atoms with E-state index in [4.69, 9.17) is 9.73 Å². The van der Waals surface area contributed by atoms with Gasteiger partial charge in [0.2, 0.25) is 0 Å². The number of aryl methyl sites for hydroxylation is 1. The van der Waals surface area contributed by atoms with Gasteiger partial charge < -0.3 is 24.4 Å². The maximum atomic E-state index is 5.54. The van der Waals surface area contributed by atoms with Crippen LogP contribution in [0.15, 0.2) is 35.3 Å². The Morgan fingerprint density at radius 2 is 2.07 bits per heavy atom. The summed E-state index contributed by atoms with van der Waals surface area (Å²) in [4.78, 5) is 9.33. The van der Waals surface area contributed by atoms with Crippen LogP contribution in [0.2, 0.25) is 0 Å². The highest BCUT2D eigenvalue weighted by atomic mass is 16.5. The van der Waals surface area contributed by atoms with Crippen molar-refractivity contribution < 1.29 is 4.74 Å². The Bertz CT molecular complexity index is 799. The Morgan fingerprint density at radius 1 is 1.27 bits per heavy atom. The minimum absolute atomic E-state index is 0.509.